The molecule has 3 aromatic rings. The third kappa shape index (κ3) is 5.78. The molecule has 10 heteroatoms. The van der Waals surface area contributed by atoms with Crippen molar-refractivity contribution in [2.75, 3.05) is 0 Å². The number of aryl methyl sites for hydroxylation is 1. The lowest BCUT2D eigenvalue weighted by atomic mass is 10.2. The molecule has 4 rings (SSSR count). The summed E-state index contributed by atoms with van der Waals surface area (Å²) in [5, 5.41) is 0. The van der Waals surface area contributed by atoms with Gasteiger partial charge in [-0.15, -0.1) is 0 Å². The van der Waals surface area contributed by atoms with Gasteiger partial charge in [0.25, 0.3) is 5.56 Å². The highest BCUT2D eigenvalue weighted by molar-refractivity contribution is 5.89. The van der Waals surface area contributed by atoms with E-state index in [1.165, 1.54) is 17.7 Å². The van der Waals surface area contributed by atoms with Crippen molar-refractivity contribution in [3.8, 4) is 0 Å². The average molecular weight is 495 g/mol. The van der Waals surface area contributed by atoms with Gasteiger partial charge in [0.1, 0.15) is 13.0 Å². The smallest absolute Gasteiger partial charge is 0.338 e. The topological polar surface area (TPSA) is 115 Å². The summed E-state index contributed by atoms with van der Waals surface area (Å²) in [5.74, 6) is -1.26. The maximum atomic E-state index is 13.2. The van der Waals surface area contributed by atoms with Crippen LogP contribution in [0.3, 0.4) is 0 Å². The number of benzene rings is 2. The summed E-state index contributed by atoms with van der Waals surface area (Å²) in [7, 11) is 0. The van der Waals surface area contributed by atoms with Gasteiger partial charge in [-0.05, 0) is 24.6 Å². The van der Waals surface area contributed by atoms with Crippen molar-refractivity contribution < 1.29 is 28.5 Å². The Balaban J connectivity index is 1.54. The Morgan fingerprint density at radius 1 is 1.00 bits per heavy atom. The zero-order valence-corrected chi connectivity index (χ0v) is 19.9. The van der Waals surface area contributed by atoms with Gasteiger partial charge in [-0.1, -0.05) is 48.5 Å². The summed E-state index contributed by atoms with van der Waals surface area (Å²) in [6.07, 6.45) is -1.74. The first-order valence-corrected chi connectivity index (χ1v) is 11.4. The molecule has 0 N–H and O–H groups in total. The Hall–Kier alpha value is -4.02. The van der Waals surface area contributed by atoms with Gasteiger partial charge in [-0.25, -0.2) is 14.2 Å². The second-order valence-corrected chi connectivity index (χ2v) is 8.31. The van der Waals surface area contributed by atoms with Crippen molar-refractivity contribution in [1.29, 1.82) is 0 Å². The fourth-order valence-corrected chi connectivity index (χ4v) is 3.85. The van der Waals surface area contributed by atoms with Crippen molar-refractivity contribution in [2.24, 2.45) is 0 Å². The highest BCUT2D eigenvalue weighted by Crippen LogP contribution is 2.31. The van der Waals surface area contributed by atoms with E-state index in [-0.39, 0.29) is 25.3 Å². The molecule has 2 heterocycles. The van der Waals surface area contributed by atoms with Crippen molar-refractivity contribution in [3.63, 3.8) is 0 Å². The van der Waals surface area contributed by atoms with E-state index in [9.17, 15) is 19.2 Å². The minimum atomic E-state index is -1.22. The third-order valence-electron chi connectivity index (χ3n) is 5.59. The van der Waals surface area contributed by atoms with Crippen LogP contribution in [0.2, 0.25) is 0 Å². The number of rotatable bonds is 8. The van der Waals surface area contributed by atoms with Crippen LogP contribution in [0.15, 0.2) is 76.4 Å². The Morgan fingerprint density at radius 3 is 2.33 bits per heavy atom. The molecule has 1 aromatic heterocycles. The number of carbonyl (C=O) groups is 2. The van der Waals surface area contributed by atoms with E-state index in [1.54, 1.807) is 37.3 Å². The molecule has 1 fully saturated rings. The van der Waals surface area contributed by atoms with Gasteiger partial charge in [0.15, 0.2) is 6.10 Å². The molecule has 0 radical (unpaired) electrons. The third-order valence-corrected chi connectivity index (χ3v) is 5.59. The van der Waals surface area contributed by atoms with E-state index in [0.29, 0.717) is 5.56 Å². The quantitative estimate of drug-likeness (QED) is 0.439. The van der Waals surface area contributed by atoms with E-state index >= 15 is 0 Å². The highest BCUT2D eigenvalue weighted by atomic mass is 16.7. The molecule has 10 nitrogen and oxygen atoms in total. The van der Waals surface area contributed by atoms with Crippen LogP contribution in [0.25, 0.3) is 0 Å². The lowest BCUT2D eigenvalue weighted by Crippen LogP contribution is -2.42. The molecule has 1 aliphatic rings. The Kier molecular flexibility index (Phi) is 7.77. The van der Waals surface area contributed by atoms with Crippen molar-refractivity contribution >= 4 is 11.9 Å². The van der Waals surface area contributed by atoms with Gasteiger partial charge in [0.05, 0.1) is 12.2 Å². The first-order valence-electron chi connectivity index (χ1n) is 11.4. The normalized spacial score (nSPS) is 19.1. The molecule has 0 spiro atoms. The molecule has 3 atom stereocenters. The molecule has 36 heavy (non-hydrogen) atoms. The van der Waals surface area contributed by atoms with Crippen LogP contribution in [0.4, 0.5) is 0 Å². The lowest BCUT2D eigenvalue weighted by Gasteiger charge is -2.18. The summed E-state index contributed by atoms with van der Waals surface area (Å²) in [6.45, 7) is 2.72. The molecule has 2 aromatic carbocycles. The van der Waals surface area contributed by atoms with Crippen molar-refractivity contribution in [1.82, 2.24) is 9.13 Å². The Labute approximate surface area is 206 Å². The number of hydrogen-bond acceptors (Lipinski definition) is 8. The number of nitrogens with zero attached hydrogens (tertiary/aromatic N) is 2. The Bertz CT molecular complexity index is 1330. The second kappa shape index (κ2) is 11.1. The second-order valence-electron chi connectivity index (χ2n) is 8.31. The molecule has 0 saturated carbocycles. The van der Waals surface area contributed by atoms with Crippen LogP contribution >= 0.6 is 0 Å². The zero-order chi connectivity index (χ0) is 25.7. The first kappa shape index (κ1) is 25.1. The lowest BCUT2D eigenvalue weighted by molar-refractivity contribution is -0.191. The molecule has 0 unspecified atom stereocenters. The van der Waals surface area contributed by atoms with Gasteiger partial charge in [0.2, 0.25) is 6.29 Å². The molecule has 0 aliphatic carbocycles. The molecule has 0 bridgehead atoms. The molecule has 188 valence electrons. The van der Waals surface area contributed by atoms with E-state index < -0.39 is 41.8 Å². The maximum absolute atomic E-state index is 13.2. The SMILES string of the molecule is CC(=O)O[C@@H]1O[C@@H](n2cc(C)c(=O)n(COCc3ccccc3)c2=O)C[C@@H]1OC(=O)c1ccccc1. The molecular formula is C26H26N2O8. The van der Waals surface area contributed by atoms with Gasteiger partial charge in [0, 0.05) is 25.1 Å². The van der Waals surface area contributed by atoms with E-state index in [1.807, 2.05) is 30.3 Å². The fraction of sp³-hybridized carbons (Fsp3) is 0.308. The number of carbonyl (C=O) groups excluding carboxylic acids is 2. The largest absolute Gasteiger partial charge is 0.452 e. The van der Waals surface area contributed by atoms with E-state index in [0.717, 1.165) is 10.1 Å². The molecule has 1 aliphatic heterocycles. The predicted molar refractivity (Wildman–Crippen MR) is 127 cm³/mol. The number of aromatic nitrogens is 2. The number of hydrogen-bond donors (Lipinski definition) is 0. The van der Waals surface area contributed by atoms with Crippen LogP contribution in [0, 0.1) is 6.92 Å². The van der Waals surface area contributed by atoms with Gasteiger partial charge in [-0.3, -0.25) is 14.2 Å². The van der Waals surface area contributed by atoms with Crippen molar-refractivity contribution in [2.45, 2.75) is 52.2 Å². The van der Waals surface area contributed by atoms with Crippen LogP contribution < -0.4 is 11.2 Å². The average Bonchev–Trinajstić information content (AvgIpc) is 3.25. The summed E-state index contributed by atoms with van der Waals surface area (Å²) < 4.78 is 24.3. The van der Waals surface area contributed by atoms with Crippen LogP contribution in [-0.4, -0.2) is 33.5 Å². The highest BCUT2D eigenvalue weighted by Gasteiger charge is 2.42. The maximum Gasteiger partial charge on any atom is 0.338 e. The molecular weight excluding hydrogens is 468 g/mol. The van der Waals surface area contributed by atoms with E-state index in [4.69, 9.17) is 18.9 Å². The Morgan fingerprint density at radius 2 is 1.67 bits per heavy atom. The summed E-state index contributed by atoms with van der Waals surface area (Å²) >= 11 is 0. The number of ether oxygens (including phenoxy) is 4. The monoisotopic (exact) mass is 494 g/mol. The predicted octanol–water partition coefficient (Wildman–Crippen LogP) is 2.53. The minimum absolute atomic E-state index is 0.0267. The fourth-order valence-electron chi connectivity index (χ4n) is 3.85. The van der Waals surface area contributed by atoms with Crippen LogP contribution in [0.5, 0.6) is 0 Å². The summed E-state index contributed by atoms with van der Waals surface area (Å²) in [4.78, 5) is 50.1. The van der Waals surface area contributed by atoms with Crippen LogP contribution in [0.1, 0.15) is 41.1 Å². The molecule has 0 amide bonds. The van der Waals surface area contributed by atoms with Gasteiger partial charge < -0.3 is 18.9 Å². The minimum Gasteiger partial charge on any atom is -0.452 e. The van der Waals surface area contributed by atoms with E-state index in [2.05, 4.69) is 0 Å². The standard InChI is InChI=1S/C26H26N2O8/c1-17-14-27(26(32)28(23(17)30)16-33-15-19-9-5-3-6-10-19)22-13-21(25(36-22)34-18(2)29)35-24(31)20-11-7-4-8-12-20/h3-12,14,21-22,25H,13,15-16H2,1-2H3/t21-,22+,25+/m0/s1. The summed E-state index contributed by atoms with van der Waals surface area (Å²) in [6, 6.07) is 17.7. The zero-order valence-electron chi connectivity index (χ0n) is 19.9. The van der Waals surface area contributed by atoms with Gasteiger partial charge >= 0.3 is 17.6 Å². The number of esters is 2. The van der Waals surface area contributed by atoms with Crippen LogP contribution in [-0.2, 0) is 37.1 Å². The van der Waals surface area contributed by atoms with Crippen molar-refractivity contribution in [3.05, 3.63) is 104 Å². The summed E-state index contributed by atoms with van der Waals surface area (Å²) in [5.41, 5.74) is 0.339. The van der Waals surface area contributed by atoms with Gasteiger partial charge in [-0.2, -0.15) is 0 Å². The first-order chi connectivity index (χ1) is 17.3. The molecule has 1 saturated heterocycles.